The van der Waals surface area contributed by atoms with Crippen molar-refractivity contribution in [1.82, 2.24) is 19.4 Å². The van der Waals surface area contributed by atoms with Gasteiger partial charge in [-0.15, -0.1) is 0 Å². The number of nitrogens with zero attached hydrogens (tertiary/aromatic N) is 4. The first kappa shape index (κ1) is 18.5. The van der Waals surface area contributed by atoms with Gasteiger partial charge in [-0.05, 0) is 57.5 Å². The van der Waals surface area contributed by atoms with Crippen LogP contribution in [-0.2, 0) is 16.1 Å². The minimum absolute atomic E-state index is 0.0825. The van der Waals surface area contributed by atoms with Crippen molar-refractivity contribution in [3.63, 3.8) is 0 Å². The highest BCUT2D eigenvalue weighted by Crippen LogP contribution is 2.33. The summed E-state index contributed by atoms with van der Waals surface area (Å²) in [6, 6.07) is 0. The molecule has 7 nitrogen and oxygen atoms in total. The van der Waals surface area contributed by atoms with Crippen LogP contribution in [0.25, 0.3) is 0 Å². The number of carbonyl (C=O) groups is 2. The Morgan fingerprint density at radius 3 is 2.59 bits per heavy atom. The zero-order chi connectivity index (χ0) is 18.8. The molecule has 3 aliphatic rings. The van der Waals surface area contributed by atoms with Gasteiger partial charge < -0.3 is 15.2 Å². The third-order valence-electron chi connectivity index (χ3n) is 6.31. The maximum absolute atomic E-state index is 13.1. The molecular weight excluding hydrogens is 342 g/mol. The van der Waals surface area contributed by atoms with Gasteiger partial charge in [-0.2, -0.15) is 0 Å². The van der Waals surface area contributed by atoms with Gasteiger partial charge in [0, 0.05) is 43.9 Å². The van der Waals surface area contributed by atoms with Gasteiger partial charge in [-0.25, -0.2) is 4.98 Å². The molecule has 0 radical (unpaired) electrons. The van der Waals surface area contributed by atoms with Gasteiger partial charge in [0.2, 0.25) is 11.8 Å². The molecule has 0 bridgehead atoms. The number of hydrogen-bond acceptors (Lipinski definition) is 4. The summed E-state index contributed by atoms with van der Waals surface area (Å²) in [5.74, 6) is 2.42. The van der Waals surface area contributed by atoms with E-state index in [4.69, 9.17) is 5.73 Å². The summed E-state index contributed by atoms with van der Waals surface area (Å²) in [6.07, 6.45) is 10.5. The van der Waals surface area contributed by atoms with Crippen LogP contribution in [0.4, 0.5) is 0 Å². The van der Waals surface area contributed by atoms with Crippen LogP contribution in [-0.4, -0.2) is 63.9 Å². The van der Waals surface area contributed by atoms with E-state index in [1.165, 1.54) is 12.8 Å². The molecule has 4 rings (SSSR count). The fourth-order valence-corrected chi connectivity index (χ4v) is 4.62. The topological polar surface area (TPSA) is 84.5 Å². The molecule has 2 amide bonds. The van der Waals surface area contributed by atoms with E-state index in [0.29, 0.717) is 18.4 Å². The Morgan fingerprint density at radius 2 is 1.89 bits per heavy atom. The molecule has 1 saturated carbocycles. The molecule has 0 spiro atoms. The van der Waals surface area contributed by atoms with Crippen LogP contribution < -0.4 is 5.73 Å². The van der Waals surface area contributed by atoms with Crippen molar-refractivity contribution < 1.29 is 9.59 Å². The Labute approximate surface area is 160 Å². The largest absolute Gasteiger partial charge is 0.369 e. The summed E-state index contributed by atoms with van der Waals surface area (Å²) in [4.78, 5) is 32.9. The third kappa shape index (κ3) is 4.51. The maximum Gasteiger partial charge on any atom is 0.231 e. The van der Waals surface area contributed by atoms with Gasteiger partial charge in [-0.3, -0.25) is 14.5 Å². The van der Waals surface area contributed by atoms with E-state index < -0.39 is 0 Å². The van der Waals surface area contributed by atoms with E-state index >= 15 is 0 Å². The van der Waals surface area contributed by atoms with Crippen LogP contribution in [0.3, 0.4) is 0 Å². The molecule has 1 aromatic heterocycles. The van der Waals surface area contributed by atoms with Crippen LogP contribution in [0.1, 0.15) is 50.3 Å². The molecule has 148 valence electrons. The fraction of sp³-hybridized carbons (Fsp3) is 0.750. The fourth-order valence-electron chi connectivity index (χ4n) is 4.62. The van der Waals surface area contributed by atoms with Gasteiger partial charge in [0.05, 0.1) is 6.54 Å². The quantitative estimate of drug-likeness (QED) is 0.812. The summed E-state index contributed by atoms with van der Waals surface area (Å²) < 4.78 is 2.32. The first-order valence-corrected chi connectivity index (χ1v) is 10.4. The van der Waals surface area contributed by atoms with Gasteiger partial charge >= 0.3 is 0 Å². The highest BCUT2D eigenvalue weighted by atomic mass is 16.2. The summed E-state index contributed by atoms with van der Waals surface area (Å²) in [5.41, 5.74) is 5.28. The number of hydrogen-bond donors (Lipinski definition) is 1. The Kier molecular flexibility index (Phi) is 5.48. The van der Waals surface area contributed by atoms with Crippen molar-refractivity contribution in [2.24, 2.45) is 17.6 Å². The second kappa shape index (κ2) is 8.00. The normalized spacial score (nSPS) is 24.9. The standard InChI is InChI=1S/C20H31N5O2/c21-18(26)14-23-9-5-16(6-10-23)20(27)25-8-1-2-17(13-25)19-22-7-11-24(19)12-15-3-4-15/h7,11,15-17H,1-6,8-10,12-14H2,(H2,21,26)/t17-/m0/s1. The number of imidazole rings is 1. The summed E-state index contributed by atoms with van der Waals surface area (Å²) in [6.45, 7) is 4.60. The van der Waals surface area contributed by atoms with Crippen molar-refractivity contribution in [3.05, 3.63) is 18.2 Å². The summed E-state index contributed by atoms with van der Waals surface area (Å²) in [5, 5.41) is 0. The van der Waals surface area contributed by atoms with Gasteiger partial charge in [-0.1, -0.05) is 0 Å². The van der Waals surface area contributed by atoms with Gasteiger partial charge in [0.15, 0.2) is 0 Å². The summed E-state index contributed by atoms with van der Waals surface area (Å²) >= 11 is 0. The van der Waals surface area contributed by atoms with Crippen LogP contribution in [0.15, 0.2) is 12.4 Å². The Morgan fingerprint density at radius 1 is 1.11 bits per heavy atom. The molecule has 2 saturated heterocycles. The molecule has 1 atom stereocenters. The van der Waals surface area contributed by atoms with Crippen LogP contribution in [0.2, 0.25) is 0 Å². The van der Waals surface area contributed by atoms with Crippen LogP contribution in [0, 0.1) is 11.8 Å². The lowest BCUT2D eigenvalue weighted by atomic mass is 9.92. The minimum Gasteiger partial charge on any atom is -0.369 e. The highest BCUT2D eigenvalue weighted by Gasteiger charge is 2.33. The number of aromatic nitrogens is 2. The predicted molar refractivity (Wildman–Crippen MR) is 102 cm³/mol. The van der Waals surface area contributed by atoms with Crippen molar-refractivity contribution >= 4 is 11.8 Å². The predicted octanol–water partition coefficient (Wildman–Crippen LogP) is 1.20. The zero-order valence-electron chi connectivity index (χ0n) is 16.1. The van der Waals surface area contributed by atoms with Crippen molar-refractivity contribution in [2.45, 2.75) is 51.0 Å². The van der Waals surface area contributed by atoms with E-state index in [1.807, 2.05) is 6.20 Å². The number of nitrogens with two attached hydrogens (primary N) is 1. The number of rotatable bonds is 6. The minimum atomic E-state index is -0.291. The molecule has 1 aromatic rings. The number of primary amides is 1. The number of likely N-dealkylation sites (tertiary alicyclic amines) is 2. The molecule has 0 aromatic carbocycles. The van der Waals surface area contributed by atoms with E-state index in [2.05, 4.69) is 25.5 Å². The molecular formula is C20H31N5O2. The average molecular weight is 374 g/mol. The van der Waals surface area contributed by atoms with Gasteiger partial charge in [0.1, 0.15) is 5.82 Å². The molecule has 0 unspecified atom stereocenters. The molecule has 1 aliphatic carbocycles. The lowest BCUT2D eigenvalue weighted by Crippen LogP contribution is -2.47. The van der Waals surface area contributed by atoms with Gasteiger partial charge in [0.25, 0.3) is 0 Å². The van der Waals surface area contributed by atoms with E-state index in [-0.39, 0.29) is 11.8 Å². The van der Waals surface area contributed by atoms with Crippen LogP contribution >= 0.6 is 0 Å². The molecule has 7 heteroatoms. The molecule has 27 heavy (non-hydrogen) atoms. The Balaban J connectivity index is 1.33. The maximum atomic E-state index is 13.1. The average Bonchev–Trinajstić information content (AvgIpc) is 3.36. The van der Waals surface area contributed by atoms with E-state index in [0.717, 1.165) is 70.1 Å². The number of piperidine rings is 2. The number of amides is 2. The lowest BCUT2D eigenvalue weighted by molar-refractivity contribution is -0.138. The Hall–Kier alpha value is -1.89. The second-order valence-electron chi connectivity index (χ2n) is 8.52. The molecule has 3 fully saturated rings. The summed E-state index contributed by atoms with van der Waals surface area (Å²) in [7, 11) is 0. The SMILES string of the molecule is NC(=O)CN1CCC(C(=O)N2CCC[C@H](c3nccn3CC3CC3)C2)CC1. The zero-order valence-corrected chi connectivity index (χ0v) is 16.1. The lowest BCUT2D eigenvalue weighted by Gasteiger charge is -2.37. The van der Waals surface area contributed by atoms with Crippen molar-refractivity contribution in [2.75, 3.05) is 32.7 Å². The number of carbonyl (C=O) groups excluding carboxylic acids is 2. The molecule has 2 N–H and O–H groups in total. The monoisotopic (exact) mass is 373 g/mol. The smallest absolute Gasteiger partial charge is 0.231 e. The van der Waals surface area contributed by atoms with Crippen molar-refractivity contribution in [3.8, 4) is 0 Å². The first-order chi connectivity index (χ1) is 13.1. The Bertz CT molecular complexity index is 676. The molecule has 2 aliphatic heterocycles. The molecule has 3 heterocycles. The second-order valence-corrected chi connectivity index (χ2v) is 8.52. The van der Waals surface area contributed by atoms with E-state index in [9.17, 15) is 9.59 Å². The third-order valence-corrected chi connectivity index (χ3v) is 6.31. The van der Waals surface area contributed by atoms with Crippen molar-refractivity contribution in [1.29, 1.82) is 0 Å². The highest BCUT2D eigenvalue weighted by molar-refractivity contribution is 5.79. The van der Waals surface area contributed by atoms with Crippen LogP contribution in [0.5, 0.6) is 0 Å². The first-order valence-electron chi connectivity index (χ1n) is 10.4. The van der Waals surface area contributed by atoms with E-state index in [1.54, 1.807) is 0 Å².